The van der Waals surface area contributed by atoms with Crippen molar-refractivity contribution in [2.24, 2.45) is 5.92 Å². The lowest BCUT2D eigenvalue weighted by Crippen LogP contribution is -2.29. The van der Waals surface area contributed by atoms with Crippen LogP contribution in [0.2, 0.25) is 0 Å². The van der Waals surface area contributed by atoms with E-state index in [-0.39, 0.29) is 6.10 Å². The zero-order chi connectivity index (χ0) is 12.3. The summed E-state index contributed by atoms with van der Waals surface area (Å²) in [5.74, 6) is 0.718. The third-order valence-electron chi connectivity index (χ3n) is 3.61. The lowest BCUT2D eigenvalue weighted by Gasteiger charge is -2.30. The molecule has 0 radical (unpaired) electrons. The molecule has 3 heteroatoms. The van der Waals surface area contributed by atoms with Gasteiger partial charge >= 0.3 is 0 Å². The molecule has 0 atom stereocenters. The quantitative estimate of drug-likeness (QED) is 0.924. The molecule has 1 fully saturated rings. The lowest BCUT2D eigenvalue weighted by molar-refractivity contribution is 0.110. The molecule has 0 aliphatic heterocycles. The van der Waals surface area contributed by atoms with Gasteiger partial charge in [-0.15, -0.1) is 0 Å². The van der Waals surface area contributed by atoms with Gasteiger partial charge in [-0.05, 0) is 59.7 Å². The molecule has 0 spiro atoms. The van der Waals surface area contributed by atoms with E-state index in [9.17, 15) is 5.11 Å². The minimum absolute atomic E-state index is 0.0555. The summed E-state index contributed by atoms with van der Waals surface area (Å²) in [6.07, 6.45) is 4.18. The van der Waals surface area contributed by atoms with Crippen LogP contribution in [0.1, 0.15) is 25.7 Å². The number of para-hydroxylation sites is 1. The molecule has 2 rings (SSSR count). The van der Waals surface area contributed by atoms with Crippen LogP contribution in [0, 0.1) is 5.92 Å². The Kier molecular flexibility index (Phi) is 4.46. The van der Waals surface area contributed by atoms with Gasteiger partial charge in [0, 0.05) is 18.1 Å². The average molecular weight is 298 g/mol. The topological polar surface area (TPSA) is 23.5 Å². The Labute approximate surface area is 112 Å². The number of aliphatic hydroxyl groups excluding tert-OH is 1. The Morgan fingerprint density at radius 3 is 2.53 bits per heavy atom. The van der Waals surface area contributed by atoms with Crippen molar-refractivity contribution in [2.45, 2.75) is 31.8 Å². The second-order valence-electron chi connectivity index (χ2n) is 5.01. The molecule has 2 nitrogen and oxygen atoms in total. The smallest absolute Gasteiger partial charge is 0.0540 e. The molecular weight excluding hydrogens is 278 g/mol. The summed E-state index contributed by atoms with van der Waals surface area (Å²) in [4.78, 5) is 2.31. The van der Waals surface area contributed by atoms with Crippen LogP contribution in [0.5, 0.6) is 0 Å². The van der Waals surface area contributed by atoms with Crippen molar-refractivity contribution in [2.75, 3.05) is 18.5 Å². The van der Waals surface area contributed by atoms with Crippen LogP contribution in [0.4, 0.5) is 5.69 Å². The third kappa shape index (κ3) is 3.46. The molecule has 1 aromatic rings. The third-order valence-corrected chi connectivity index (χ3v) is 4.28. The Hall–Kier alpha value is -0.540. The minimum atomic E-state index is -0.0555. The van der Waals surface area contributed by atoms with Crippen molar-refractivity contribution in [1.82, 2.24) is 0 Å². The molecule has 1 aliphatic carbocycles. The monoisotopic (exact) mass is 297 g/mol. The summed E-state index contributed by atoms with van der Waals surface area (Å²) in [5, 5.41) is 9.50. The first-order valence-corrected chi connectivity index (χ1v) is 7.10. The van der Waals surface area contributed by atoms with Crippen molar-refractivity contribution in [3.05, 3.63) is 28.7 Å². The van der Waals surface area contributed by atoms with Gasteiger partial charge in [0.1, 0.15) is 0 Å². The van der Waals surface area contributed by atoms with Crippen LogP contribution in [-0.2, 0) is 0 Å². The van der Waals surface area contributed by atoms with Crippen molar-refractivity contribution >= 4 is 21.6 Å². The highest BCUT2D eigenvalue weighted by Crippen LogP contribution is 2.29. The van der Waals surface area contributed by atoms with Gasteiger partial charge in [0.05, 0.1) is 11.8 Å². The Balaban J connectivity index is 1.93. The Morgan fingerprint density at radius 1 is 1.24 bits per heavy atom. The number of nitrogens with zero attached hydrogens (tertiary/aromatic N) is 1. The Bertz CT molecular complexity index is 361. The van der Waals surface area contributed by atoms with E-state index >= 15 is 0 Å². The van der Waals surface area contributed by atoms with Gasteiger partial charge in [0.2, 0.25) is 0 Å². The minimum Gasteiger partial charge on any atom is -0.393 e. The molecule has 0 unspecified atom stereocenters. The molecule has 17 heavy (non-hydrogen) atoms. The number of hydrogen-bond donors (Lipinski definition) is 1. The average Bonchev–Trinajstić information content (AvgIpc) is 2.32. The number of aliphatic hydroxyl groups is 1. The highest BCUT2D eigenvalue weighted by molar-refractivity contribution is 9.10. The van der Waals surface area contributed by atoms with Crippen LogP contribution in [0.3, 0.4) is 0 Å². The fraction of sp³-hybridized carbons (Fsp3) is 0.571. The summed E-state index contributed by atoms with van der Waals surface area (Å²) in [6.45, 7) is 1.08. The van der Waals surface area contributed by atoms with E-state index in [0.717, 1.165) is 42.6 Å². The molecule has 1 aliphatic rings. The standard InChI is InChI=1S/C14H20BrNO/c1-16(14-5-3-2-4-13(14)15)10-11-6-8-12(17)9-7-11/h2-5,11-12,17H,6-10H2,1H3. The first-order valence-electron chi connectivity index (χ1n) is 6.30. The van der Waals surface area contributed by atoms with Gasteiger partial charge in [0.15, 0.2) is 0 Å². The van der Waals surface area contributed by atoms with Crippen LogP contribution < -0.4 is 4.90 Å². The molecule has 1 aromatic carbocycles. The lowest BCUT2D eigenvalue weighted by atomic mass is 9.87. The SMILES string of the molecule is CN(CC1CCC(O)CC1)c1ccccc1Br. The Morgan fingerprint density at radius 2 is 1.88 bits per heavy atom. The highest BCUT2D eigenvalue weighted by Gasteiger charge is 2.20. The predicted molar refractivity (Wildman–Crippen MR) is 75.4 cm³/mol. The maximum atomic E-state index is 9.50. The normalized spacial score (nSPS) is 24.6. The molecule has 0 bridgehead atoms. The van der Waals surface area contributed by atoms with Crippen molar-refractivity contribution in [1.29, 1.82) is 0 Å². The van der Waals surface area contributed by atoms with E-state index in [2.05, 4.69) is 46.1 Å². The molecule has 0 saturated heterocycles. The molecule has 0 heterocycles. The zero-order valence-corrected chi connectivity index (χ0v) is 11.9. The fourth-order valence-corrected chi connectivity index (χ4v) is 3.16. The second-order valence-corrected chi connectivity index (χ2v) is 5.86. The van der Waals surface area contributed by atoms with Gasteiger partial charge in [0.25, 0.3) is 0 Å². The second kappa shape index (κ2) is 5.87. The van der Waals surface area contributed by atoms with Crippen LogP contribution >= 0.6 is 15.9 Å². The van der Waals surface area contributed by atoms with E-state index in [1.165, 1.54) is 5.69 Å². The van der Waals surface area contributed by atoms with E-state index in [4.69, 9.17) is 0 Å². The summed E-state index contributed by atoms with van der Waals surface area (Å²) in [6, 6.07) is 8.33. The molecule has 0 amide bonds. The first kappa shape index (κ1) is 12.9. The van der Waals surface area contributed by atoms with Gasteiger partial charge in [-0.2, -0.15) is 0 Å². The number of rotatable bonds is 3. The summed E-state index contributed by atoms with van der Waals surface area (Å²) < 4.78 is 1.15. The summed E-state index contributed by atoms with van der Waals surface area (Å²) in [5.41, 5.74) is 1.25. The van der Waals surface area contributed by atoms with Crippen LogP contribution in [0.15, 0.2) is 28.7 Å². The van der Waals surface area contributed by atoms with Gasteiger partial charge < -0.3 is 10.0 Å². The van der Waals surface area contributed by atoms with Gasteiger partial charge in [-0.3, -0.25) is 0 Å². The molecule has 0 aromatic heterocycles. The van der Waals surface area contributed by atoms with Crippen LogP contribution in [0.25, 0.3) is 0 Å². The first-order chi connectivity index (χ1) is 8.16. The van der Waals surface area contributed by atoms with E-state index < -0.39 is 0 Å². The van der Waals surface area contributed by atoms with Crippen molar-refractivity contribution < 1.29 is 5.11 Å². The molecule has 1 N–H and O–H groups in total. The summed E-state index contributed by atoms with van der Waals surface area (Å²) in [7, 11) is 2.14. The zero-order valence-electron chi connectivity index (χ0n) is 10.3. The predicted octanol–water partition coefficient (Wildman–Crippen LogP) is 3.44. The largest absolute Gasteiger partial charge is 0.393 e. The number of halogens is 1. The summed E-state index contributed by atoms with van der Waals surface area (Å²) >= 11 is 3.59. The molecular formula is C14H20BrNO. The molecule has 1 saturated carbocycles. The van der Waals surface area contributed by atoms with E-state index in [1.54, 1.807) is 0 Å². The number of benzene rings is 1. The van der Waals surface area contributed by atoms with E-state index in [0.29, 0.717) is 0 Å². The highest BCUT2D eigenvalue weighted by atomic mass is 79.9. The number of hydrogen-bond acceptors (Lipinski definition) is 2. The molecule has 94 valence electrons. The van der Waals surface area contributed by atoms with Crippen molar-refractivity contribution in [3.8, 4) is 0 Å². The van der Waals surface area contributed by atoms with Crippen molar-refractivity contribution in [3.63, 3.8) is 0 Å². The maximum Gasteiger partial charge on any atom is 0.0540 e. The van der Waals surface area contributed by atoms with E-state index in [1.807, 2.05) is 6.07 Å². The fourth-order valence-electron chi connectivity index (χ4n) is 2.57. The number of anilines is 1. The maximum absolute atomic E-state index is 9.50. The van der Waals surface area contributed by atoms with Gasteiger partial charge in [-0.1, -0.05) is 12.1 Å². The van der Waals surface area contributed by atoms with Gasteiger partial charge in [-0.25, -0.2) is 0 Å². The van der Waals surface area contributed by atoms with Crippen LogP contribution in [-0.4, -0.2) is 24.8 Å².